The zero-order valence-corrected chi connectivity index (χ0v) is 22.0. The van der Waals surface area contributed by atoms with Crippen LogP contribution < -0.4 is 9.47 Å². The molecule has 0 unspecified atom stereocenters. The topological polar surface area (TPSA) is 68.2 Å². The molecule has 1 aliphatic rings. The summed E-state index contributed by atoms with van der Waals surface area (Å²) < 4.78 is 17.0. The molecule has 7 heteroatoms. The molecule has 0 saturated carbocycles. The summed E-state index contributed by atoms with van der Waals surface area (Å²) in [5.41, 5.74) is 1.79. The van der Waals surface area contributed by atoms with Crippen LogP contribution in [0.3, 0.4) is 0 Å². The van der Waals surface area contributed by atoms with Gasteiger partial charge in [0.05, 0.1) is 26.4 Å². The van der Waals surface area contributed by atoms with E-state index in [0.29, 0.717) is 0 Å². The number of rotatable bonds is 8. The van der Waals surface area contributed by atoms with E-state index in [0.717, 1.165) is 22.6 Å². The standard InChI is InChI=1S/C26H37NO5Si/c1-17(32-33(7,8)26(2,3)4)22-24(28)27(25(22)29)23(18-9-13-20(30-5)14-10-18)19-11-15-21(31-6)16-12-19/h9-17,22-24,28H,1-8H3/t17-,22-,24-/m1/s1. The van der Waals surface area contributed by atoms with Crippen LogP contribution in [0, 0.1) is 5.92 Å². The average molecular weight is 472 g/mol. The van der Waals surface area contributed by atoms with Crippen LogP contribution in [-0.2, 0) is 9.22 Å². The Morgan fingerprint density at radius 3 is 1.67 bits per heavy atom. The van der Waals surface area contributed by atoms with Crippen LogP contribution >= 0.6 is 0 Å². The molecule has 1 saturated heterocycles. The SMILES string of the molecule is COc1ccc(C(c2ccc(OC)cc2)N2C(=O)[C@H]([C@@H](C)O[Si](C)(C)C(C)(C)C)[C@H]2O)cc1. The Balaban J connectivity index is 1.90. The number of benzene rings is 2. The maximum Gasteiger partial charge on any atom is 0.235 e. The van der Waals surface area contributed by atoms with E-state index in [1.807, 2.05) is 55.5 Å². The lowest BCUT2D eigenvalue weighted by molar-refractivity contribution is -0.197. The van der Waals surface area contributed by atoms with Crippen molar-refractivity contribution in [2.45, 2.75) is 64.2 Å². The number of aliphatic hydroxyl groups is 1. The fraction of sp³-hybridized carbons (Fsp3) is 0.500. The highest BCUT2D eigenvalue weighted by Crippen LogP contribution is 2.44. The molecule has 0 aliphatic carbocycles. The molecule has 3 rings (SSSR count). The largest absolute Gasteiger partial charge is 0.497 e. The number of carbonyl (C=O) groups is 1. The van der Waals surface area contributed by atoms with Gasteiger partial charge in [-0.2, -0.15) is 0 Å². The average Bonchev–Trinajstić information content (AvgIpc) is 2.76. The molecule has 33 heavy (non-hydrogen) atoms. The number of nitrogens with zero attached hydrogens (tertiary/aromatic N) is 1. The molecule has 0 aromatic heterocycles. The smallest absolute Gasteiger partial charge is 0.235 e. The van der Waals surface area contributed by atoms with Crippen molar-refractivity contribution < 1.29 is 23.8 Å². The van der Waals surface area contributed by atoms with Crippen molar-refractivity contribution in [3.05, 3.63) is 59.7 Å². The summed E-state index contributed by atoms with van der Waals surface area (Å²) in [7, 11) is 1.16. The van der Waals surface area contributed by atoms with E-state index in [2.05, 4.69) is 33.9 Å². The van der Waals surface area contributed by atoms with Crippen LogP contribution in [0.25, 0.3) is 0 Å². The van der Waals surface area contributed by atoms with Crippen LogP contribution in [-0.4, -0.2) is 50.8 Å². The van der Waals surface area contributed by atoms with Crippen LogP contribution in [0.1, 0.15) is 44.9 Å². The first-order chi connectivity index (χ1) is 15.4. The van der Waals surface area contributed by atoms with Crippen molar-refractivity contribution in [3.63, 3.8) is 0 Å². The zero-order valence-electron chi connectivity index (χ0n) is 21.0. The molecule has 3 atom stereocenters. The van der Waals surface area contributed by atoms with Crippen LogP contribution in [0.5, 0.6) is 11.5 Å². The summed E-state index contributed by atoms with van der Waals surface area (Å²) in [4.78, 5) is 15.0. The van der Waals surface area contributed by atoms with Gasteiger partial charge in [-0.25, -0.2) is 0 Å². The Kier molecular flexibility index (Phi) is 7.26. The van der Waals surface area contributed by atoms with E-state index in [9.17, 15) is 9.90 Å². The lowest BCUT2D eigenvalue weighted by Crippen LogP contribution is -2.66. The highest BCUT2D eigenvalue weighted by molar-refractivity contribution is 6.74. The van der Waals surface area contributed by atoms with Gasteiger partial charge in [0.25, 0.3) is 0 Å². The normalized spacial score (nSPS) is 19.9. The van der Waals surface area contributed by atoms with Gasteiger partial charge in [-0.3, -0.25) is 4.79 Å². The Morgan fingerprint density at radius 1 is 0.909 bits per heavy atom. The maximum atomic E-state index is 13.4. The van der Waals surface area contributed by atoms with Gasteiger partial charge in [-0.1, -0.05) is 45.0 Å². The minimum absolute atomic E-state index is 0.0212. The van der Waals surface area contributed by atoms with Crippen molar-refractivity contribution in [1.29, 1.82) is 0 Å². The van der Waals surface area contributed by atoms with Gasteiger partial charge in [-0.05, 0) is 60.4 Å². The molecule has 1 N–H and O–H groups in total. The summed E-state index contributed by atoms with van der Waals surface area (Å²) in [6.45, 7) is 12.7. The highest BCUT2D eigenvalue weighted by atomic mass is 28.4. The number of likely N-dealkylation sites (tertiary alicyclic amines) is 1. The second-order valence-electron chi connectivity index (χ2n) is 10.2. The summed E-state index contributed by atoms with van der Waals surface area (Å²) in [6.07, 6.45) is -1.30. The second-order valence-corrected chi connectivity index (χ2v) is 15.0. The minimum atomic E-state index is -2.08. The number of ether oxygens (including phenoxy) is 2. The molecule has 2 aromatic rings. The molecule has 2 aromatic carbocycles. The van der Waals surface area contributed by atoms with Gasteiger partial charge in [0, 0.05) is 0 Å². The number of β-lactam (4-membered cyclic amide) rings is 1. The number of hydrogen-bond donors (Lipinski definition) is 1. The van der Waals surface area contributed by atoms with Crippen LogP contribution in [0.4, 0.5) is 0 Å². The predicted octanol–water partition coefficient (Wildman–Crippen LogP) is 4.98. The van der Waals surface area contributed by atoms with Gasteiger partial charge < -0.3 is 23.9 Å². The number of methoxy groups -OCH3 is 2. The second kappa shape index (κ2) is 9.48. The van der Waals surface area contributed by atoms with Gasteiger partial charge >= 0.3 is 0 Å². The van der Waals surface area contributed by atoms with Crippen molar-refractivity contribution in [2.75, 3.05) is 14.2 Å². The van der Waals surface area contributed by atoms with Gasteiger partial charge in [0.1, 0.15) is 23.6 Å². The zero-order chi connectivity index (χ0) is 24.6. The summed E-state index contributed by atoms with van der Waals surface area (Å²) in [6, 6.07) is 14.7. The third kappa shape index (κ3) is 4.95. The molecular formula is C26H37NO5Si. The molecule has 1 heterocycles. The third-order valence-electron chi connectivity index (χ3n) is 7.08. The number of aliphatic hydroxyl groups excluding tert-OH is 1. The van der Waals surface area contributed by atoms with Crippen molar-refractivity contribution >= 4 is 14.2 Å². The molecular weight excluding hydrogens is 434 g/mol. The predicted molar refractivity (Wildman–Crippen MR) is 132 cm³/mol. The Labute approximate surface area is 198 Å². The fourth-order valence-corrected chi connectivity index (χ4v) is 5.47. The van der Waals surface area contributed by atoms with Gasteiger partial charge in [0.15, 0.2) is 8.32 Å². The van der Waals surface area contributed by atoms with E-state index in [1.165, 1.54) is 0 Å². The van der Waals surface area contributed by atoms with Crippen molar-refractivity contribution in [3.8, 4) is 11.5 Å². The molecule has 1 amide bonds. The molecule has 0 spiro atoms. The van der Waals surface area contributed by atoms with E-state index >= 15 is 0 Å². The summed E-state index contributed by atoms with van der Waals surface area (Å²) in [5.74, 6) is 0.775. The molecule has 1 fully saturated rings. The Morgan fingerprint density at radius 2 is 1.33 bits per heavy atom. The monoisotopic (exact) mass is 471 g/mol. The summed E-state index contributed by atoms with van der Waals surface area (Å²) >= 11 is 0. The van der Waals surface area contributed by atoms with E-state index < -0.39 is 26.5 Å². The van der Waals surface area contributed by atoms with Crippen molar-refractivity contribution in [2.24, 2.45) is 5.92 Å². The Bertz CT molecular complexity index is 905. The van der Waals surface area contributed by atoms with Crippen LogP contribution in [0.15, 0.2) is 48.5 Å². The first-order valence-corrected chi connectivity index (χ1v) is 14.3. The van der Waals surface area contributed by atoms with Gasteiger partial charge in [0.2, 0.25) is 5.91 Å². The lowest BCUT2D eigenvalue weighted by Gasteiger charge is -2.51. The van der Waals surface area contributed by atoms with E-state index in [1.54, 1.807) is 19.1 Å². The van der Waals surface area contributed by atoms with Gasteiger partial charge in [-0.15, -0.1) is 0 Å². The number of hydrogen-bond acceptors (Lipinski definition) is 5. The first kappa shape index (κ1) is 25.3. The van der Waals surface area contributed by atoms with Crippen LogP contribution in [0.2, 0.25) is 18.1 Å². The highest BCUT2D eigenvalue weighted by Gasteiger charge is 2.54. The van der Waals surface area contributed by atoms with E-state index in [-0.39, 0.29) is 17.0 Å². The first-order valence-electron chi connectivity index (χ1n) is 11.4. The minimum Gasteiger partial charge on any atom is -0.497 e. The third-order valence-corrected chi connectivity index (χ3v) is 11.7. The molecule has 6 nitrogen and oxygen atoms in total. The van der Waals surface area contributed by atoms with E-state index in [4.69, 9.17) is 13.9 Å². The quantitative estimate of drug-likeness (QED) is 0.434. The lowest BCUT2D eigenvalue weighted by atomic mass is 9.85. The molecule has 0 radical (unpaired) electrons. The maximum absolute atomic E-state index is 13.4. The molecule has 0 bridgehead atoms. The molecule has 180 valence electrons. The number of carbonyl (C=O) groups excluding carboxylic acids is 1. The fourth-order valence-electron chi connectivity index (χ4n) is 4.04. The van der Waals surface area contributed by atoms with Crippen molar-refractivity contribution in [1.82, 2.24) is 4.90 Å². The molecule has 1 aliphatic heterocycles. The number of amides is 1. The summed E-state index contributed by atoms with van der Waals surface area (Å²) in [5, 5.41) is 11.2. The Hall–Kier alpha value is -2.35.